The number of carboxylic acid groups (broad SMARTS) is 1. The minimum absolute atomic E-state index is 0.182. The van der Waals surface area contributed by atoms with E-state index in [0.29, 0.717) is 18.9 Å². The number of rotatable bonds is 1. The van der Waals surface area contributed by atoms with Crippen molar-refractivity contribution in [2.45, 2.75) is 25.8 Å². The van der Waals surface area contributed by atoms with Crippen molar-refractivity contribution in [3.8, 4) is 0 Å². The Bertz CT molecular complexity index is 356. The molecule has 0 bridgehead atoms. The van der Waals surface area contributed by atoms with Gasteiger partial charge >= 0.3 is 6.09 Å². The number of piperidine rings is 1. The van der Waals surface area contributed by atoms with E-state index in [0.717, 1.165) is 12.8 Å². The quantitative estimate of drug-likeness (QED) is 0.722. The number of likely N-dealkylation sites (tertiary alicyclic amines) is 1. The van der Waals surface area contributed by atoms with Gasteiger partial charge in [0.15, 0.2) is 5.82 Å². The Morgan fingerprint density at radius 1 is 1.47 bits per heavy atom. The summed E-state index contributed by atoms with van der Waals surface area (Å²) in [6, 6.07) is 0.182. The van der Waals surface area contributed by atoms with Crippen LogP contribution in [0.4, 0.5) is 4.79 Å². The van der Waals surface area contributed by atoms with E-state index < -0.39 is 6.09 Å². The van der Waals surface area contributed by atoms with E-state index in [1.807, 2.05) is 0 Å². The Morgan fingerprint density at radius 3 is 2.60 bits per heavy atom. The van der Waals surface area contributed by atoms with Crippen LogP contribution in [0.25, 0.3) is 0 Å². The lowest BCUT2D eigenvalue weighted by Gasteiger charge is -2.28. The summed E-state index contributed by atoms with van der Waals surface area (Å²) in [5, 5.41) is 20.6. The molecule has 1 aromatic rings. The molecule has 0 aromatic carbocycles. The molecule has 1 fully saturated rings. The van der Waals surface area contributed by atoms with Gasteiger partial charge in [0.1, 0.15) is 0 Å². The van der Waals surface area contributed by atoms with E-state index in [1.165, 1.54) is 4.90 Å². The van der Waals surface area contributed by atoms with E-state index in [2.05, 4.69) is 15.4 Å². The van der Waals surface area contributed by atoms with Gasteiger partial charge in [0.25, 0.3) is 0 Å². The summed E-state index contributed by atoms with van der Waals surface area (Å²) in [6.07, 6.45) is 0.653. The second kappa shape index (κ2) is 3.84. The molecule has 15 heavy (non-hydrogen) atoms. The lowest BCUT2D eigenvalue weighted by Crippen LogP contribution is -2.38. The van der Waals surface area contributed by atoms with Crippen LogP contribution in [0, 0.1) is 6.92 Å². The Kier molecular flexibility index (Phi) is 2.53. The molecule has 1 aliphatic heterocycles. The van der Waals surface area contributed by atoms with Gasteiger partial charge < -0.3 is 10.0 Å². The lowest BCUT2D eigenvalue weighted by atomic mass is 10.1. The highest BCUT2D eigenvalue weighted by atomic mass is 16.4. The van der Waals surface area contributed by atoms with Crippen molar-refractivity contribution in [1.29, 1.82) is 0 Å². The number of hydrogen-bond donors (Lipinski definition) is 1. The number of aromatic nitrogens is 4. The van der Waals surface area contributed by atoms with Gasteiger partial charge in [0.05, 0.1) is 6.04 Å². The van der Waals surface area contributed by atoms with Crippen molar-refractivity contribution in [3.63, 3.8) is 0 Å². The molecule has 2 rings (SSSR count). The summed E-state index contributed by atoms with van der Waals surface area (Å²) in [4.78, 5) is 13.7. The van der Waals surface area contributed by atoms with Crippen molar-refractivity contribution in [3.05, 3.63) is 5.82 Å². The molecule has 0 atom stereocenters. The number of hydrogen-bond acceptors (Lipinski definition) is 4. The van der Waals surface area contributed by atoms with Crippen LogP contribution in [0.5, 0.6) is 0 Å². The van der Waals surface area contributed by atoms with Gasteiger partial charge in [-0.05, 0) is 25.0 Å². The topological polar surface area (TPSA) is 84.1 Å². The first kappa shape index (κ1) is 9.88. The van der Waals surface area contributed by atoms with Gasteiger partial charge in [-0.1, -0.05) is 0 Å². The van der Waals surface area contributed by atoms with Crippen LogP contribution in [0.1, 0.15) is 24.7 Å². The number of nitrogens with zero attached hydrogens (tertiary/aromatic N) is 5. The minimum atomic E-state index is -0.851. The maximum Gasteiger partial charge on any atom is 0.407 e. The third kappa shape index (κ3) is 2.05. The molecule has 0 spiro atoms. The van der Waals surface area contributed by atoms with E-state index in [-0.39, 0.29) is 6.04 Å². The highest BCUT2D eigenvalue weighted by molar-refractivity contribution is 5.64. The predicted octanol–water partition coefficient (Wildman–Crippen LogP) is 0.296. The largest absolute Gasteiger partial charge is 0.465 e. The molecule has 1 aliphatic rings. The monoisotopic (exact) mass is 211 g/mol. The molecule has 1 saturated heterocycles. The van der Waals surface area contributed by atoms with Crippen molar-refractivity contribution < 1.29 is 9.90 Å². The van der Waals surface area contributed by atoms with Crippen LogP contribution in [0.2, 0.25) is 0 Å². The Labute approximate surface area is 86.7 Å². The molecule has 82 valence electrons. The smallest absolute Gasteiger partial charge is 0.407 e. The third-order valence-electron chi connectivity index (χ3n) is 2.59. The number of tetrazole rings is 1. The first-order valence-electron chi connectivity index (χ1n) is 4.91. The van der Waals surface area contributed by atoms with Crippen molar-refractivity contribution in [1.82, 2.24) is 25.1 Å². The standard InChI is InChI=1S/C8H13N5O2/c1-6-9-11-13(10-6)7-2-4-12(5-3-7)8(14)15/h7H,2-5H2,1H3,(H,14,15). The van der Waals surface area contributed by atoms with Gasteiger partial charge in [-0.15, -0.1) is 10.2 Å². The molecular formula is C8H13N5O2. The van der Waals surface area contributed by atoms with Crippen LogP contribution in [0.3, 0.4) is 0 Å². The molecule has 0 saturated carbocycles. The van der Waals surface area contributed by atoms with E-state index in [4.69, 9.17) is 5.11 Å². The fourth-order valence-corrected chi connectivity index (χ4v) is 1.74. The average Bonchev–Trinajstić information content (AvgIpc) is 2.65. The molecule has 0 aliphatic carbocycles. The number of carbonyl (C=O) groups is 1. The van der Waals surface area contributed by atoms with Crippen molar-refractivity contribution in [2.75, 3.05) is 13.1 Å². The molecular weight excluding hydrogens is 198 g/mol. The molecule has 1 N–H and O–H groups in total. The van der Waals surface area contributed by atoms with Gasteiger partial charge in [-0.3, -0.25) is 0 Å². The van der Waals surface area contributed by atoms with Crippen LogP contribution >= 0.6 is 0 Å². The van der Waals surface area contributed by atoms with Crippen LogP contribution < -0.4 is 0 Å². The second-order valence-corrected chi connectivity index (χ2v) is 3.66. The van der Waals surface area contributed by atoms with E-state index in [1.54, 1.807) is 11.7 Å². The predicted molar refractivity (Wildman–Crippen MR) is 50.4 cm³/mol. The Hall–Kier alpha value is -1.66. The van der Waals surface area contributed by atoms with Gasteiger partial charge in [-0.2, -0.15) is 4.80 Å². The molecule has 2 heterocycles. The van der Waals surface area contributed by atoms with Gasteiger partial charge in [0.2, 0.25) is 0 Å². The fourth-order valence-electron chi connectivity index (χ4n) is 1.74. The summed E-state index contributed by atoms with van der Waals surface area (Å²) < 4.78 is 0. The summed E-state index contributed by atoms with van der Waals surface area (Å²) >= 11 is 0. The molecule has 1 aromatic heterocycles. The van der Waals surface area contributed by atoms with Crippen molar-refractivity contribution >= 4 is 6.09 Å². The summed E-state index contributed by atoms with van der Waals surface area (Å²) in [7, 11) is 0. The van der Waals surface area contributed by atoms with Crippen molar-refractivity contribution in [2.24, 2.45) is 0 Å². The first-order chi connectivity index (χ1) is 7.16. The maximum atomic E-state index is 10.7. The molecule has 0 radical (unpaired) electrons. The average molecular weight is 211 g/mol. The summed E-state index contributed by atoms with van der Waals surface area (Å²) in [5.74, 6) is 0.649. The zero-order chi connectivity index (χ0) is 10.8. The minimum Gasteiger partial charge on any atom is -0.465 e. The Morgan fingerprint density at radius 2 is 2.13 bits per heavy atom. The third-order valence-corrected chi connectivity index (χ3v) is 2.59. The highest BCUT2D eigenvalue weighted by Crippen LogP contribution is 2.20. The first-order valence-corrected chi connectivity index (χ1v) is 4.91. The molecule has 1 amide bonds. The second-order valence-electron chi connectivity index (χ2n) is 3.66. The zero-order valence-electron chi connectivity index (χ0n) is 8.50. The van der Waals surface area contributed by atoms with E-state index in [9.17, 15) is 4.79 Å². The Balaban J connectivity index is 1.96. The summed E-state index contributed by atoms with van der Waals surface area (Å²) in [5.41, 5.74) is 0. The fraction of sp³-hybridized carbons (Fsp3) is 0.750. The number of amides is 1. The lowest BCUT2D eigenvalue weighted by molar-refractivity contribution is 0.121. The van der Waals surface area contributed by atoms with Gasteiger partial charge in [0, 0.05) is 13.1 Å². The zero-order valence-corrected chi connectivity index (χ0v) is 8.50. The summed E-state index contributed by atoms with van der Waals surface area (Å²) in [6.45, 7) is 2.87. The normalized spacial score (nSPS) is 18.1. The van der Waals surface area contributed by atoms with Crippen LogP contribution in [-0.4, -0.2) is 49.4 Å². The van der Waals surface area contributed by atoms with Crippen LogP contribution in [-0.2, 0) is 0 Å². The molecule has 7 nitrogen and oxygen atoms in total. The number of aryl methyl sites for hydroxylation is 1. The van der Waals surface area contributed by atoms with Crippen LogP contribution in [0.15, 0.2) is 0 Å². The SMILES string of the molecule is Cc1nnn(C2CCN(C(=O)O)CC2)n1. The van der Waals surface area contributed by atoms with Gasteiger partial charge in [-0.25, -0.2) is 4.79 Å². The highest BCUT2D eigenvalue weighted by Gasteiger charge is 2.24. The molecule has 7 heteroatoms. The maximum absolute atomic E-state index is 10.7. The molecule has 0 unspecified atom stereocenters. The van der Waals surface area contributed by atoms with E-state index >= 15 is 0 Å².